The van der Waals surface area contributed by atoms with Crippen LogP contribution >= 0.6 is 0 Å². The Hall–Kier alpha value is -3.62. The van der Waals surface area contributed by atoms with Crippen molar-refractivity contribution in [1.82, 2.24) is 14.9 Å². The molecule has 0 radical (unpaired) electrons. The van der Waals surface area contributed by atoms with E-state index in [4.69, 9.17) is 4.98 Å². The second-order valence-electron chi connectivity index (χ2n) is 9.90. The summed E-state index contributed by atoms with van der Waals surface area (Å²) >= 11 is 0. The number of amides is 1. The number of nitrogens with zero attached hydrogens (tertiary/aromatic N) is 3. The molecule has 0 unspecified atom stereocenters. The number of hydrogen-bond donors (Lipinski definition) is 1. The van der Waals surface area contributed by atoms with Gasteiger partial charge in [0.15, 0.2) is 0 Å². The van der Waals surface area contributed by atoms with E-state index < -0.39 is 11.7 Å². The number of piperidine rings is 1. The molecule has 196 valence electrons. The molecule has 1 amide bonds. The Balaban J connectivity index is 1.72. The average Bonchev–Trinajstić information content (AvgIpc) is 2.83. The molecule has 4 rings (SSSR count). The number of anilines is 1. The van der Waals surface area contributed by atoms with Crippen LogP contribution in [-0.2, 0) is 11.0 Å². The first-order chi connectivity index (χ1) is 17.4. The van der Waals surface area contributed by atoms with Gasteiger partial charge in [0.1, 0.15) is 11.6 Å². The summed E-state index contributed by atoms with van der Waals surface area (Å²) in [5.41, 5.74) is 1.82. The van der Waals surface area contributed by atoms with Gasteiger partial charge in [0, 0.05) is 36.7 Å². The van der Waals surface area contributed by atoms with Crippen LogP contribution in [0.4, 0.5) is 19.0 Å². The fraction of sp³-hybridized carbons (Fsp3) is 0.393. The maximum absolute atomic E-state index is 13.4. The average molecular weight is 513 g/mol. The molecule has 0 spiro atoms. The molecule has 6 nitrogen and oxygen atoms in total. The number of rotatable bonds is 5. The number of alkyl halides is 3. The molecule has 3 aromatic rings. The summed E-state index contributed by atoms with van der Waals surface area (Å²) < 4.78 is 40.7. The second-order valence-corrected chi connectivity index (χ2v) is 9.90. The zero-order valence-electron chi connectivity index (χ0n) is 21.4. The lowest BCUT2D eigenvalue weighted by Crippen LogP contribution is -2.46. The maximum Gasteiger partial charge on any atom is 0.416 e. The summed E-state index contributed by atoms with van der Waals surface area (Å²) in [6.07, 6.45) is -3.02. The van der Waals surface area contributed by atoms with Crippen molar-refractivity contribution < 1.29 is 18.0 Å². The number of carbonyl (C=O) groups is 1. The minimum Gasteiger partial charge on any atom is -0.356 e. The second kappa shape index (κ2) is 10.4. The van der Waals surface area contributed by atoms with Crippen molar-refractivity contribution >= 4 is 11.7 Å². The first-order valence-corrected chi connectivity index (χ1v) is 12.4. The van der Waals surface area contributed by atoms with Crippen molar-refractivity contribution in [1.29, 1.82) is 0 Å². The summed E-state index contributed by atoms with van der Waals surface area (Å²) in [6.45, 7) is 8.83. The van der Waals surface area contributed by atoms with E-state index in [0.29, 0.717) is 30.4 Å². The molecular formula is C28H31F3N4O2. The lowest BCUT2D eigenvalue weighted by molar-refractivity contribution is -0.137. The third-order valence-corrected chi connectivity index (χ3v) is 6.67. The highest BCUT2D eigenvalue weighted by Crippen LogP contribution is 2.31. The molecular weight excluding hydrogens is 481 g/mol. The number of halogens is 3. The minimum absolute atomic E-state index is 0.0212. The molecule has 1 aliphatic rings. The molecule has 1 aromatic heterocycles. The highest BCUT2D eigenvalue weighted by Gasteiger charge is 2.30. The van der Waals surface area contributed by atoms with Crippen molar-refractivity contribution in [3.63, 3.8) is 0 Å². The van der Waals surface area contributed by atoms with Gasteiger partial charge in [0.25, 0.3) is 5.56 Å². The van der Waals surface area contributed by atoms with E-state index in [1.54, 1.807) is 0 Å². The van der Waals surface area contributed by atoms with Gasteiger partial charge in [-0.25, -0.2) is 4.98 Å². The quantitative estimate of drug-likeness (QED) is 0.506. The number of carbonyl (C=O) groups excluding carboxylic acids is 1. The van der Waals surface area contributed by atoms with Gasteiger partial charge in [-0.15, -0.1) is 0 Å². The lowest BCUT2D eigenvalue weighted by atomic mass is 10.0. The molecule has 2 aromatic carbocycles. The van der Waals surface area contributed by atoms with Crippen LogP contribution in [0.3, 0.4) is 0 Å². The molecule has 0 saturated carbocycles. The minimum atomic E-state index is -4.47. The molecule has 0 atom stereocenters. The molecule has 1 aliphatic heterocycles. The number of aryl methyl sites for hydroxylation is 2. The largest absolute Gasteiger partial charge is 0.416 e. The molecule has 0 bridgehead atoms. The van der Waals surface area contributed by atoms with Crippen molar-refractivity contribution in [3.05, 3.63) is 75.6 Å². The van der Waals surface area contributed by atoms with E-state index in [2.05, 4.69) is 5.32 Å². The first kappa shape index (κ1) is 26.4. The van der Waals surface area contributed by atoms with Crippen molar-refractivity contribution in [2.75, 3.05) is 18.0 Å². The van der Waals surface area contributed by atoms with Crippen LogP contribution in [0.5, 0.6) is 0 Å². The zero-order chi connectivity index (χ0) is 26.9. The number of nitrogens with one attached hydrogen (secondary N) is 1. The predicted molar refractivity (Wildman–Crippen MR) is 138 cm³/mol. The maximum atomic E-state index is 13.4. The molecule has 37 heavy (non-hydrogen) atoms. The van der Waals surface area contributed by atoms with Crippen molar-refractivity contribution in [2.24, 2.45) is 5.92 Å². The standard InChI is InChI=1S/C28H31F3N4O2/c1-17(2)27(37)32-21-11-13-34(14-12-21)24-16-25(36)35(22-8-6-20(7-9-22)28(29,30)31)26(33-24)23-10-5-18(3)15-19(23)4/h5-10,15-17,21H,11-14H2,1-4H3,(H,32,37). The fourth-order valence-electron chi connectivity index (χ4n) is 4.55. The summed E-state index contributed by atoms with van der Waals surface area (Å²) in [4.78, 5) is 32.4. The fourth-order valence-corrected chi connectivity index (χ4v) is 4.55. The lowest BCUT2D eigenvalue weighted by Gasteiger charge is -2.33. The Morgan fingerprint density at radius 3 is 2.24 bits per heavy atom. The van der Waals surface area contributed by atoms with Crippen LogP contribution in [0.15, 0.2) is 53.3 Å². The summed E-state index contributed by atoms with van der Waals surface area (Å²) in [7, 11) is 0. The van der Waals surface area contributed by atoms with Gasteiger partial charge in [-0.2, -0.15) is 13.2 Å². The summed E-state index contributed by atoms with van der Waals surface area (Å²) in [5.74, 6) is 0.817. The third-order valence-electron chi connectivity index (χ3n) is 6.67. The van der Waals surface area contributed by atoms with Crippen LogP contribution in [0.2, 0.25) is 0 Å². The van der Waals surface area contributed by atoms with E-state index in [9.17, 15) is 22.8 Å². The highest BCUT2D eigenvalue weighted by atomic mass is 19.4. The molecule has 0 aliphatic carbocycles. The molecule has 1 fully saturated rings. The summed E-state index contributed by atoms with van der Waals surface area (Å²) in [5, 5.41) is 3.07. The SMILES string of the molecule is Cc1ccc(-c2nc(N3CCC(NC(=O)C(C)C)CC3)cc(=O)n2-c2ccc(C(F)(F)F)cc2)c(C)c1. The predicted octanol–water partition coefficient (Wildman–Crippen LogP) is 5.28. The van der Waals surface area contributed by atoms with Crippen molar-refractivity contribution in [2.45, 2.75) is 52.8 Å². The van der Waals surface area contributed by atoms with Gasteiger partial charge >= 0.3 is 6.18 Å². The molecule has 9 heteroatoms. The van der Waals surface area contributed by atoms with Crippen LogP contribution in [0, 0.1) is 19.8 Å². The molecule has 1 saturated heterocycles. The smallest absolute Gasteiger partial charge is 0.356 e. The van der Waals surface area contributed by atoms with Crippen LogP contribution in [-0.4, -0.2) is 34.6 Å². The van der Waals surface area contributed by atoms with Gasteiger partial charge in [-0.05, 0) is 56.5 Å². The van der Waals surface area contributed by atoms with Gasteiger partial charge in [0.2, 0.25) is 5.91 Å². The molecule has 2 heterocycles. The van der Waals surface area contributed by atoms with Gasteiger partial charge < -0.3 is 10.2 Å². The van der Waals surface area contributed by atoms with Crippen LogP contribution < -0.4 is 15.8 Å². The van der Waals surface area contributed by atoms with E-state index in [1.807, 2.05) is 50.8 Å². The van der Waals surface area contributed by atoms with Crippen LogP contribution in [0.25, 0.3) is 17.1 Å². The normalized spacial score (nSPS) is 14.8. The van der Waals surface area contributed by atoms with Crippen LogP contribution in [0.1, 0.15) is 43.4 Å². The zero-order valence-corrected chi connectivity index (χ0v) is 21.4. The van der Waals surface area contributed by atoms with E-state index in [1.165, 1.54) is 22.8 Å². The van der Waals surface area contributed by atoms with E-state index in [-0.39, 0.29) is 23.4 Å². The first-order valence-electron chi connectivity index (χ1n) is 12.4. The number of benzene rings is 2. The van der Waals surface area contributed by atoms with Gasteiger partial charge in [-0.3, -0.25) is 14.2 Å². The van der Waals surface area contributed by atoms with E-state index in [0.717, 1.165) is 41.7 Å². The van der Waals surface area contributed by atoms with Gasteiger partial charge in [0.05, 0.1) is 11.3 Å². The topological polar surface area (TPSA) is 67.2 Å². The monoisotopic (exact) mass is 512 g/mol. The van der Waals surface area contributed by atoms with Gasteiger partial charge in [-0.1, -0.05) is 37.6 Å². The van der Waals surface area contributed by atoms with Crippen molar-refractivity contribution in [3.8, 4) is 17.1 Å². The molecule has 1 N–H and O–H groups in total. The Morgan fingerprint density at radius 1 is 1.03 bits per heavy atom. The summed E-state index contributed by atoms with van der Waals surface area (Å²) in [6, 6.07) is 11.8. The third kappa shape index (κ3) is 5.87. The number of aromatic nitrogens is 2. The Kier molecular flexibility index (Phi) is 7.43. The Labute approximate surface area is 214 Å². The Bertz CT molecular complexity index is 1340. The Morgan fingerprint density at radius 2 is 1.68 bits per heavy atom. The number of hydrogen-bond acceptors (Lipinski definition) is 4. The van der Waals surface area contributed by atoms with E-state index >= 15 is 0 Å². The highest BCUT2D eigenvalue weighted by molar-refractivity contribution is 5.78.